The van der Waals surface area contributed by atoms with Crippen LogP contribution in [0.25, 0.3) is 0 Å². The van der Waals surface area contributed by atoms with E-state index in [0.717, 1.165) is 24.2 Å². The Morgan fingerprint density at radius 2 is 1.74 bits per heavy atom. The number of nitro groups is 1. The van der Waals surface area contributed by atoms with Crippen molar-refractivity contribution in [3.05, 3.63) is 58.1 Å². The minimum Gasteiger partial charge on any atom is -0.366 e. The first kappa shape index (κ1) is 23.5. The summed E-state index contributed by atoms with van der Waals surface area (Å²) in [6, 6.07) is 9.54. The van der Waals surface area contributed by atoms with E-state index in [9.17, 15) is 32.9 Å². The highest BCUT2D eigenvalue weighted by molar-refractivity contribution is 5.96. The van der Waals surface area contributed by atoms with E-state index in [1.54, 1.807) is 34.1 Å². The second-order valence-electron chi connectivity index (χ2n) is 8.40. The van der Waals surface area contributed by atoms with Gasteiger partial charge in [0.1, 0.15) is 5.69 Å². The fraction of sp³-hybridized carbons (Fsp3) is 0.391. The van der Waals surface area contributed by atoms with Crippen LogP contribution in [0.5, 0.6) is 0 Å². The van der Waals surface area contributed by atoms with Crippen LogP contribution in [0.2, 0.25) is 0 Å². The monoisotopic (exact) mass is 476 g/mol. The van der Waals surface area contributed by atoms with Crippen molar-refractivity contribution in [1.82, 2.24) is 0 Å². The number of nitro benzene ring substituents is 1. The highest BCUT2D eigenvalue weighted by Gasteiger charge is 2.35. The van der Waals surface area contributed by atoms with Crippen LogP contribution in [0.4, 0.5) is 35.9 Å². The van der Waals surface area contributed by atoms with E-state index < -0.39 is 22.4 Å². The number of hydrogen-bond donors (Lipinski definition) is 1. The molecular weight excluding hydrogens is 453 g/mol. The van der Waals surface area contributed by atoms with Crippen LogP contribution in [-0.2, 0) is 15.8 Å². The predicted octanol–water partition coefficient (Wildman–Crippen LogP) is 4.60. The Bertz CT molecular complexity index is 1100. The molecule has 1 N–H and O–H groups in total. The number of alkyl halides is 3. The van der Waals surface area contributed by atoms with Gasteiger partial charge in [0, 0.05) is 49.4 Å². The van der Waals surface area contributed by atoms with Gasteiger partial charge < -0.3 is 15.1 Å². The number of amides is 2. The first-order valence-electron chi connectivity index (χ1n) is 11.0. The molecule has 0 aromatic heterocycles. The number of nitrogens with one attached hydrogen (secondary N) is 1. The second-order valence-corrected chi connectivity index (χ2v) is 8.40. The number of halogens is 3. The maximum atomic E-state index is 12.9. The van der Waals surface area contributed by atoms with Gasteiger partial charge in [0.15, 0.2) is 0 Å². The molecule has 11 heteroatoms. The summed E-state index contributed by atoms with van der Waals surface area (Å²) in [5.74, 6) is -0.437. The maximum Gasteiger partial charge on any atom is 0.416 e. The van der Waals surface area contributed by atoms with Crippen molar-refractivity contribution in [1.29, 1.82) is 0 Å². The Balaban J connectivity index is 1.37. The zero-order chi connectivity index (χ0) is 24.5. The zero-order valence-corrected chi connectivity index (χ0v) is 18.2. The molecule has 2 heterocycles. The second kappa shape index (κ2) is 9.32. The van der Waals surface area contributed by atoms with E-state index in [2.05, 4.69) is 5.32 Å². The Morgan fingerprint density at radius 3 is 2.29 bits per heavy atom. The van der Waals surface area contributed by atoms with Gasteiger partial charge in [-0.25, -0.2) is 0 Å². The molecule has 0 unspecified atom stereocenters. The number of carbonyl (C=O) groups is 2. The Kier molecular flexibility index (Phi) is 6.45. The average Bonchev–Trinajstić information content (AvgIpc) is 3.24. The topological polar surface area (TPSA) is 95.8 Å². The third-order valence-electron chi connectivity index (χ3n) is 6.23. The van der Waals surface area contributed by atoms with E-state index in [0.29, 0.717) is 50.7 Å². The summed E-state index contributed by atoms with van der Waals surface area (Å²) >= 11 is 0. The Morgan fingerprint density at radius 1 is 1.06 bits per heavy atom. The highest BCUT2D eigenvalue weighted by Crippen LogP contribution is 2.37. The number of benzene rings is 2. The predicted molar refractivity (Wildman–Crippen MR) is 120 cm³/mol. The lowest BCUT2D eigenvalue weighted by Crippen LogP contribution is -2.38. The fourth-order valence-corrected chi connectivity index (χ4v) is 4.39. The van der Waals surface area contributed by atoms with E-state index in [1.165, 1.54) is 0 Å². The minimum absolute atomic E-state index is 0.0804. The third kappa shape index (κ3) is 4.97. The van der Waals surface area contributed by atoms with Gasteiger partial charge in [0.25, 0.3) is 5.69 Å². The quantitative estimate of drug-likeness (QED) is 0.503. The first-order chi connectivity index (χ1) is 16.1. The van der Waals surface area contributed by atoms with Crippen LogP contribution in [0.3, 0.4) is 0 Å². The smallest absolute Gasteiger partial charge is 0.366 e. The van der Waals surface area contributed by atoms with Crippen molar-refractivity contribution in [3.63, 3.8) is 0 Å². The fourth-order valence-electron chi connectivity index (χ4n) is 4.39. The minimum atomic E-state index is -4.67. The van der Waals surface area contributed by atoms with Crippen molar-refractivity contribution in [2.45, 2.75) is 31.9 Å². The Labute approximate surface area is 193 Å². The molecule has 2 saturated heterocycles. The van der Waals surface area contributed by atoms with E-state index in [1.807, 2.05) is 0 Å². The van der Waals surface area contributed by atoms with Crippen molar-refractivity contribution in [3.8, 4) is 0 Å². The van der Waals surface area contributed by atoms with Crippen molar-refractivity contribution in [2.24, 2.45) is 5.92 Å². The lowest BCUT2D eigenvalue weighted by atomic mass is 9.95. The van der Waals surface area contributed by atoms with Crippen LogP contribution in [-0.4, -0.2) is 36.4 Å². The number of nitrogens with zero attached hydrogens (tertiary/aromatic N) is 3. The van der Waals surface area contributed by atoms with Gasteiger partial charge in [0.05, 0.1) is 10.5 Å². The van der Waals surface area contributed by atoms with Gasteiger partial charge in [-0.05, 0) is 55.7 Å². The van der Waals surface area contributed by atoms with Crippen LogP contribution in [0, 0.1) is 16.0 Å². The summed E-state index contributed by atoms with van der Waals surface area (Å²) in [7, 11) is 0. The molecular formula is C23H23F3N4O4. The molecule has 0 saturated carbocycles. The normalized spacial score (nSPS) is 17.2. The molecule has 2 aliphatic heterocycles. The lowest BCUT2D eigenvalue weighted by molar-refractivity contribution is -0.384. The van der Waals surface area contributed by atoms with Gasteiger partial charge in [-0.3, -0.25) is 19.7 Å². The van der Waals surface area contributed by atoms with E-state index in [-0.39, 0.29) is 23.4 Å². The summed E-state index contributed by atoms with van der Waals surface area (Å²) in [5.41, 5.74) is -0.177. The number of piperidine rings is 1. The van der Waals surface area contributed by atoms with Gasteiger partial charge in [-0.2, -0.15) is 13.2 Å². The molecule has 0 atom stereocenters. The largest absolute Gasteiger partial charge is 0.416 e. The van der Waals surface area contributed by atoms with Gasteiger partial charge in [-0.1, -0.05) is 0 Å². The highest BCUT2D eigenvalue weighted by atomic mass is 19.4. The Hall–Kier alpha value is -3.63. The SMILES string of the molecule is O=C(Nc1ccc(N2CCCC2=O)cc1)C1CCN(c2ccc(C(F)(F)F)cc2[N+](=O)[O-])CC1. The average molecular weight is 476 g/mol. The van der Waals surface area contributed by atoms with Gasteiger partial charge in [0.2, 0.25) is 11.8 Å². The van der Waals surface area contributed by atoms with Gasteiger partial charge in [-0.15, -0.1) is 0 Å². The molecule has 2 aromatic rings. The standard InChI is InChI=1S/C23H23F3N4O4/c24-23(25,26)16-3-8-19(20(14-16)30(33)34)28-12-9-15(10-13-28)22(32)27-17-4-6-18(7-5-17)29-11-1-2-21(29)31/h3-8,14-15H,1-2,9-13H2,(H,27,32). The van der Waals surface area contributed by atoms with Crippen molar-refractivity contribution in [2.75, 3.05) is 34.8 Å². The number of anilines is 3. The van der Waals surface area contributed by atoms with Crippen LogP contribution < -0.4 is 15.1 Å². The first-order valence-corrected chi connectivity index (χ1v) is 11.0. The summed E-state index contributed by atoms with van der Waals surface area (Å²) in [6.45, 7) is 1.29. The third-order valence-corrected chi connectivity index (χ3v) is 6.23. The summed E-state index contributed by atoms with van der Waals surface area (Å²) < 4.78 is 38.8. The molecule has 34 heavy (non-hydrogen) atoms. The molecule has 0 aliphatic carbocycles. The maximum absolute atomic E-state index is 12.9. The van der Waals surface area contributed by atoms with Crippen molar-refractivity contribution < 1.29 is 27.7 Å². The summed E-state index contributed by atoms with van der Waals surface area (Å²) in [5, 5.41) is 14.2. The van der Waals surface area contributed by atoms with Crippen LogP contribution in [0.1, 0.15) is 31.2 Å². The van der Waals surface area contributed by atoms with E-state index >= 15 is 0 Å². The molecule has 0 spiro atoms. The molecule has 2 aromatic carbocycles. The van der Waals surface area contributed by atoms with E-state index in [4.69, 9.17) is 0 Å². The zero-order valence-electron chi connectivity index (χ0n) is 18.2. The van der Waals surface area contributed by atoms with Crippen LogP contribution in [0.15, 0.2) is 42.5 Å². The van der Waals surface area contributed by atoms with Gasteiger partial charge >= 0.3 is 6.18 Å². The number of carbonyl (C=O) groups excluding carboxylic acids is 2. The molecule has 2 amide bonds. The molecule has 2 aliphatic rings. The molecule has 0 bridgehead atoms. The number of rotatable bonds is 5. The van der Waals surface area contributed by atoms with Crippen LogP contribution >= 0.6 is 0 Å². The lowest BCUT2D eigenvalue weighted by Gasteiger charge is -2.32. The molecule has 8 nitrogen and oxygen atoms in total. The van der Waals surface area contributed by atoms with Crippen molar-refractivity contribution >= 4 is 34.6 Å². The molecule has 0 radical (unpaired) electrons. The summed E-state index contributed by atoms with van der Waals surface area (Å²) in [4.78, 5) is 38.5. The molecule has 180 valence electrons. The molecule has 2 fully saturated rings. The molecule has 4 rings (SSSR count). The summed E-state index contributed by atoms with van der Waals surface area (Å²) in [6.07, 6.45) is -2.50. The number of hydrogen-bond acceptors (Lipinski definition) is 5.